The van der Waals surface area contributed by atoms with E-state index in [0.717, 1.165) is 44.2 Å². The molecule has 0 aliphatic heterocycles. The van der Waals surface area contributed by atoms with E-state index in [0.29, 0.717) is 18.1 Å². The van der Waals surface area contributed by atoms with Gasteiger partial charge in [-0.2, -0.15) is 5.10 Å². The minimum atomic E-state index is -0.901. The topological polar surface area (TPSA) is 81.4 Å². The molecule has 2 fully saturated rings. The third-order valence-electron chi connectivity index (χ3n) is 6.24. The van der Waals surface area contributed by atoms with E-state index < -0.39 is 5.97 Å². The van der Waals surface area contributed by atoms with Gasteiger partial charge in [-0.3, -0.25) is 9.48 Å². The number of hydrogen-bond acceptors (Lipinski definition) is 4. The van der Waals surface area contributed by atoms with Crippen LogP contribution in [0.25, 0.3) is 0 Å². The Bertz CT molecular complexity index is 689. The van der Waals surface area contributed by atoms with Crippen molar-refractivity contribution in [3.8, 4) is 0 Å². The van der Waals surface area contributed by atoms with Crippen LogP contribution in [0.4, 0.5) is 0 Å². The van der Waals surface area contributed by atoms with Gasteiger partial charge in [0.1, 0.15) is 5.56 Å². The first-order chi connectivity index (χ1) is 12.2. The molecule has 144 valence electrons. The molecular formula is C20H30N2O4. The maximum Gasteiger partial charge on any atom is 0.339 e. The predicted molar refractivity (Wildman–Crippen MR) is 97.2 cm³/mol. The van der Waals surface area contributed by atoms with E-state index in [1.165, 1.54) is 6.20 Å². The monoisotopic (exact) mass is 362 g/mol. The van der Waals surface area contributed by atoms with Gasteiger partial charge >= 0.3 is 11.9 Å². The van der Waals surface area contributed by atoms with E-state index in [1.807, 2.05) is 11.6 Å². The molecule has 0 unspecified atom stereocenters. The third-order valence-corrected chi connectivity index (χ3v) is 6.24. The second kappa shape index (κ2) is 6.71. The number of carbonyl (C=O) groups is 2. The molecule has 0 atom stereocenters. The number of carboxylic acid groups (broad SMARTS) is 1. The zero-order chi connectivity index (χ0) is 19.1. The summed E-state index contributed by atoms with van der Waals surface area (Å²) in [7, 11) is 0. The lowest BCUT2D eigenvalue weighted by molar-refractivity contribution is -0.150. The van der Waals surface area contributed by atoms with Crippen LogP contribution in [-0.4, -0.2) is 33.4 Å². The van der Waals surface area contributed by atoms with Crippen molar-refractivity contribution in [2.24, 2.45) is 11.3 Å². The molecule has 0 saturated heterocycles. The normalized spacial score (nSPS) is 26.5. The molecule has 0 bridgehead atoms. The largest absolute Gasteiger partial charge is 0.478 e. The number of carboxylic acids is 1. The molecule has 0 aromatic carbocycles. The van der Waals surface area contributed by atoms with Crippen molar-refractivity contribution in [2.45, 2.75) is 77.7 Å². The minimum absolute atomic E-state index is 0.0655. The highest BCUT2D eigenvalue weighted by molar-refractivity contribution is 5.89. The molecule has 26 heavy (non-hydrogen) atoms. The molecule has 1 aromatic rings. The number of rotatable bonds is 5. The Morgan fingerprint density at radius 3 is 2.35 bits per heavy atom. The molecule has 2 aliphatic carbocycles. The highest BCUT2D eigenvalue weighted by Crippen LogP contribution is 2.52. The van der Waals surface area contributed by atoms with Gasteiger partial charge in [-0.05, 0) is 50.9 Å². The number of carbonyl (C=O) groups excluding carboxylic acids is 1. The van der Waals surface area contributed by atoms with E-state index in [1.54, 1.807) is 0 Å². The zero-order valence-corrected chi connectivity index (χ0v) is 16.2. The van der Waals surface area contributed by atoms with Crippen LogP contribution in [0, 0.1) is 11.3 Å². The highest BCUT2D eigenvalue weighted by atomic mass is 16.5. The van der Waals surface area contributed by atoms with Crippen LogP contribution in [0.15, 0.2) is 6.20 Å². The Balaban J connectivity index is 1.97. The first-order valence-electron chi connectivity index (χ1n) is 9.69. The fourth-order valence-electron chi connectivity index (χ4n) is 4.48. The summed E-state index contributed by atoms with van der Waals surface area (Å²) < 4.78 is 7.23. The number of nitrogens with zero attached hydrogens (tertiary/aromatic N) is 2. The second-order valence-electron chi connectivity index (χ2n) is 8.74. The summed E-state index contributed by atoms with van der Waals surface area (Å²) in [5.74, 6) is -0.776. The van der Waals surface area contributed by atoms with Crippen molar-refractivity contribution < 1.29 is 19.4 Å². The molecule has 0 amide bonds. The third kappa shape index (κ3) is 3.14. The van der Waals surface area contributed by atoms with E-state index in [-0.39, 0.29) is 22.8 Å². The van der Waals surface area contributed by atoms with E-state index in [4.69, 9.17) is 4.74 Å². The molecule has 6 nitrogen and oxygen atoms in total. The molecule has 2 aliphatic rings. The van der Waals surface area contributed by atoms with Gasteiger partial charge in [0.2, 0.25) is 0 Å². The fraction of sp³-hybridized carbons (Fsp3) is 0.750. The van der Waals surface area contributed by atoms with Gasteiger partial charge in [-0.1, -0.05) is 20.8 Å². The average Bonchev–Trinajstić information content (AvgIpc) is 3.31. The maximum absolute atomic E-state index is 12.2. The van der Waals surface area contributed by atoms with E-state index in [9.17, 15) is 14.7 Å². The Kier molecular flexibility index (Phi) is 4.88. The average molecular weight is 362 g/mol. The minimum Gasteiger partial charge on any atom is -0.478 e. The Morgan fingerprint density at radius 2 is 1.88 bits per heavy atom. The summed E-state index contributed by atoms with van der Waals surface area (Å²) >= 11 is 0. The van der Waals surface area contributed by atoms with Gasteiger partial charge in [-0.15, -0.1) is 0 Å². The van der Waals surface area contributed by atoms with Crippen molar-refractivity contribution in [3.63, 3.8) is 0 Å². The molecule has 1 heterocycles. The smallest absolute Gasteiger partial charge is 0.339 e. The summed E-state index contributed by atoms with van der Waals surface area (Å²) in [4.78, 5) is 23.9. The van der Waals surface area contributed by atoms with Crippen molar-refractivity contribution in [1.82, 2.24) is 9.78 Å². The molecule has 6 heteroatoms. The number of aromatic nitrogens is 2. The zero-order valence-electron chi connectivity index (χ0n) is 16.2. The van der Waals surface area contributed by atoms with Crippen LogP contribution in [-0.2, 0) is 15.1 Å². The van der Waals surface area contributed by atoms with Crippen LogP contribution in [0.5, 0.6) is 0 Å². The fourth-order valence-corrected chi connectivity index (χ4v) is 4.48. The molecule has 0 radical (unpaired) electrons. The SMILES string of the molecule is CCOC(=O)C1CCC(n2ncc(C(=O)O)c2C2CC2)(C(C)(C)C)CC1. The van der Waals surface area contributed by atoms with Crippen molar-refractivity contribution >= 4 is 11.9 Å². The second-order valence-corrected chi connectivity index (χ2v) is 8.74. The van der Waals surface area contributed by atoms with Crippen molar-refractivity contribution in [1.29, 1.82) is 0 Å². The van der Waals surface area contributed by atoms with Crippen LogP contribution < -0.4 is 0 Å². The van der Waals surface area contributed by atoms with E-state index in [2.05, 4.69) is 25.9 Å². The first kappa shape index (κ1) is 18.9. The molecule has 1 aromatic heterocycles. The summed E-state index contributed by atoms with van der Waals surface area (Å²) in [5.41, 5.74) is 0.838. The van der Waals surface area contributed by atoms with Gasteiger partial charge < -0.3 is 9.84 Å². The van der Waals surface area contributed by atoms with Crippen LogP contribution in [0.3, 0.4) is 0 Å². The number of aromatic carboxylic acids is 1. The Morgan fingerprint density at radius 1 is 1.27 bits per heavy atom. The van der Waals surface area contributed by atoms with Crippen LogP contribution >= 0.6 is 0 Å². The Hall–Kier alpha value is -1.85. The summed E-state index contributed by atoms with van der Waals surface area (Å²) in [6.45, 7) is 8.81. The number of hydrogen-bond donors (Lipinski definition) is 1. The molecule has 0 spiro atoms. The summed E-state index contributed by atoms with van der Waals surface area (Å²) in [6, 6.07) is 0. The van der Waals surface area contributed by atoms with Crippen LogP contribution in [0.2, 0.25) is 0 Å². The molecule has 2 saturated carbocycles. The first-order valence-corrected chi connectivity index (χ1v) is 9.69. The standard InChI is InChI=1S/C20H30N2O4/c1-5-26-18(25)14-8-10-20(11-9-14,19(2,3)4)22-16(13-6-7-13)15(12-21-22)17(23)24/h12-14H,5-11H2,1-4H3,(H,23,24). The van der Waals surface area contributed by atoms with Gasteiger partial charge in [0.05, 0.1) is 30.0 Å². The van der Waals surface area contributed by atoms with Gasteiger partial charge in [-0.25, -0.2) is 4.79 Å². The molecular weight excluding hydrogens is 332 g/mol. The molecule has 1 N–H and O–H groups in total. The number of esters is 1. The summed E-state index contributed by atoms with van der Waals surface area (Å²) in [6.07, 6.45) is 6.68. The van der Waals surface area contributed by atoms with Crippen molar-refractivity contribution in [2.75, 3.05) is 6.61 Å². The van der Waals surface area contributed by atoms with Gasteiger partial charge in [0.25, 0.3) is 0 Å². The van der Waals surface area contributed by atoms with Crippen LogP contribution in [0.1, 0.15) is 88.2 Å². The maximum atomic E-state index is 12.2. The number of ether oxygens (including phenoxy) is 1. The predicted octanol–water partition coefficient (Wildman–Crippen LogP) is 3.95. The highest BCUT2D eigenvalue weighted by Gasteiger charge is 2.50. The lowest BCUT2D eigenvalue weighted by atomic mass is 9.63. The quantitative estimate of drug-likeness (QED) is 0.802. The van der Waals surface area contributed by atoms with Gasteiger partial charge in [0, 0.05) is 5.92 Å². The molecule has 3 rings (SSSR count). The lowest BCUT2D eigenvalue weighted by Gasteiger charge is -2.49. The van der Waals surface area contributed by atoms with Gasteiger partial charge in [0.15, 0.2) is 0 Å². The van der Waals surface area contributed by atoms with Crippen molar-refractivity contribution in [3.05, 3.63) is 17.5 Å². The Labute approximate surface area is 154 Å². The van der Waals surface area contributed by atoms with E-state index >= 15 is 0 Å². The lowest BCUT2D eigenvalue weighted by Crippen LogP contribution is -2.50. The summed E-state index contributed by atoms with van der Waals surface area (Å²) in [5, 5.41) is 14.2.